The highest BCUT2D eigenvalue weighted by Gasteiger charge is 2.12. The number of aromatic nitrogens is 1. The highest BCUT2D eigenvalue weighted by molar-refractivity contribution is 7.98. The van der Waals surface area contributed by atoms with Gasteiger partial charge in [0.2, 0.25) is 0 Å². The van der Waals surface area contributed by atoms with Gasteiger partial charge in [-0.15, -0.1) is 0 Å². The van der Waals surface area contributed by atoms with Gasteiger partial charge >= 0.3 is 0 Å². The van der Waals surface area contributed by atoms with Gasteiger partial charge in [0.15, 0.2) is 5.82 Å². The van der Waals surface area contributed by atoms with Crippen LogP contribution in [-0.4, -0.2) is 29.4 Å². The molecule has 1 rings (SSSR count). The number of pyridine rings is 1. The van der Waals surface area contributed by atoms with E-state index >= 15 is 0 Å². The van der Waals surface area contributed by atoms with Gasteiger partial charge in [0.1, 0.15) is 0 Å². The lowest BCUT2D eigenvalue weighted by Gasteiger charge is -2.12. The summed E-state index contributed by atoms with van der Waals surface area (Å²) in [5, 5.41) is 2.87. The second-order valence-corrected chi connectivity index (χ2v) is 4.73. The summed E-state index contributed by atoms with van der Waals surface area (Å²) in [5.74, 6) is 7.00. The van der Waals surface area contributed by atoms with E-state index in [1.807, 2.05) is 0 Å². The maximum atomic E-state index is 11.9. The maximum Gasteiger partial charge on any atom is 0.255 e. The minimum absolute atomic E-state index is 0.154. The fourth-order valence-electron chi connectivity index (χ4n) is 1.41. The Morgan fingerprint density at radius 2 is 2.41 bits per heavy atom. The van der Waals surface area contributed by atoms with Crippen LogP contribution < -0.4 is 16.6 Å². The molecule has 0 bridgehead atoms. The highest BCUT2D eigenvalue weighted by Crippen LogP contribution is 2.10. The maximum absolute atomic E-state index is 11.9. The molecule has 6 heteroatoms. The van der Waals surface area contributed by atoms with Crippen LogP contribution in [0.1, 0.15) is 17.3 Å². The number of nitrogens with zero attached hydrogens (tertiary/aromatic N) is 1. The molecule has 0 fully saturated rings. The molecule has 1 aromatic rings. The predicted molar refractivity (Wildman–Crippen MR) is 71.9 cm³/mol. The second-order valence-electron chi connectivity index (χ2n) is 3.81. The minimum atomic E-state index is -0.154. The molecule has 0 saturated carbocycles. The van der Waals surface area contributed by atoms with E-state index < -0.39 is 0 Å². The Bertz CT molecular complexity index is 372. The van der Waals surface area contributed by atoms with E-state index in [1.165, 1.54) is 0 Å². The van der Waals surface area contributed by atoms with Crippen molar-refractivity contribution < 1.29 is 4.79 Å². The van der Waals surface area contributed by atoms with Crippen LogP contribution in [0.2, 0.25) is 0 Å². The van der Waals surface area contributed by atoms with Gasteiger partial charge in [0.05, 0.1) is 5.56 Å². The minimum Gasteiger partial charge on any atom is -0.352 e. The second kappa shape index (κ2) is 7.13. The van der Waals surface area contributed by atoms with Crippen LogP contribution in [0.15, 0.2) is 18.3 Å². The standard InChI is InChI=1S/C11H18N4OS/c1-8(7-17-2)6-14-11(16)9-4-3-5-13-10(9)15-12/h3-5,8H,6-7,12H2,1-2H3,(H,13,15)(H,14,16). The summed E-state index contributed by atoms with van der Waals surface area (Å²) in [5.41, 5.74) is 2.88. The van der Waals surface area contributed by atoms with Gasteiger partial charge in [-0.1, -0.05) is 6.92 Å². The van der Waals surface area contributed by atoms with Gasteiger partial charge in [-0.25, -0.2) is 10.8 Å². The third-order valence-corrected chi connectivity index (χ3v) is 3.15. The van der Waals surface area contributed by atoms with Gasteiger partial charge in [-0.05, 0) is 30.1 Å². The number of nitrogens with one attached hydrogen (secondary N) is 2. The van der Waals surface area contributed by atoms with Crippen molar-refractivity contribution in [1.82, 2.24) is 10.3 Å². The summed E-state index contributed by atoms with van der Waals surface area (Å²) in [7, 11) is 0. The van der Waals surface area contributed by atoms with Crippen molar-refractivity contribution in [1.29, 1.82) is 0 Å². The molecule has 1 amide bonds. The van der Waals surface area contributed by atoms with Crippen LogP contribution in [-0.2, 0) is 0 Å². The summed E-state index contributed by atoms with van der Waals surface area (Å²) in [4.78, 5) is 15.9. The highest BCUT2D eigenvalue weighted by atomic mass is 32.2. The molecule has 1 atom stereocenters. The van der Waals surface area contributed by atoms with Crippen molar-refractivity contribution in [3.63, 3.8) is 0 Å². The Morgan fingerprint density at radius 3 is 3.06 bits per heavy atom. The molecule has 1 heterocycles. The number of carbonyl (C=O) groups excluding carboxylic acids is 1. The van der Waals surface area contributed by atoms with E-state index in [4.69, 9.17) is 5.84 Å². The zero-order valence-electron chi connectivity index (χ0n) is 10.1. The van der Waals surface area contributed by atoms with E-state index in [0.29, 0.717) is 23.8 Å². The normalized spacial score (nSPS) is 11.9. The fourth-order valence-corrected chi connectivity index (χ4v) is 2.10. The number of hydrogen-bond donors (Lipinski definition) is 3. The van der Waals surface area contributed by atoms with Crippen molar-refractivity contribution >= 4 is 23.5 Å². The van der Waals surface area contributed by atoms with E-state index in [2.05, 4.69) is 28.9 Å². The van der Waals surface area contributed by atoms with E-state index in [1.54, 1.807) is 30.1 Å². The molecular weight excluding hydrogens is 236 g/mol. The Hall–Kier alpha value is -1.27. The van der Waals surface area contributed by atoms with Crippen molar-refractivity contribution in [2.75, 3.05) is 24.0 Å². The molecule has 5 nitrogen and oxygen atoms in total. The molecule has 0 spiro atoms. The number of carbonyl (C=O) groups is 1. The molecular formula is C11H18N4OS. The first-order valence-corrected chi connectivity index (χ1v) is 6.77. The number of thioether (sulfide) groups is 1. The Morgan fingerprint density at radius 1 is 1.65 bits per heavy atom. The lowest BCUT2D eigenvalue weighted by atomic mass is 10.2. The molecule has 4 N–H and O–H groups in total. The smallest absolute Gasteiger partial charge is 0.255 e. The number of hydrogen-bond acceptors (Lipinski definition) is 5. The first-order valence-electron chi connectivity index (χ1n) is 5.37. The lowest BCUT2D eigenvalue weighted by molar-refractivity contribution is 0.0950. The number of anilines is 1. The van der Waals surface area contributed by atoms with Gasteiger partial charge in [0, 0.05) is 12.7 Å². The third kappa shape index (κ3) is 4.24. The number of nitrogens with two attached hydrogens (primary N) is 1. The van der Waals surface area contributed by atoms with Crippen LogP contribution in [0.4, 0.5) is 5.82 Å². The molecule has 1 unspecified atom stereocenters. The summed E-state index contributed by atoms with van der Waals surface area (Å²) in [6.45, 7) is 2.75. The molecule has 0 aromatic carbocycles. The van der Waals surface area contributed by atoms with E-state index in [0.717, 1.165) is 5.75 Å². The third-order valence-electron chi connectivity index (χ3n) is 2.25. The Kier molecular flexibility index (Phi) is 5.79. The zero-order chi connectivity index (χ0) is 12.7. The first-order chi connectivity index (χ1) is 8.19. The molecule has 0 saturated heterocycles. The summed E-state index contributed by atoms with van der Waals surface area (Å²) in [6, 6.07) is 3.40. The van der Waals surface area contributed by atoms with Crippen LogP contribution in [0.5, 0.6) is 0 Å². The van der Waals surface area contributed by atoms with Gasteiger partial charge < -0.3 is 10.7 Å². The average Bonchev–Trinajstić information content (AvgIpc) is 2.36. The fraction of sp³-hybridized carbons (Fsp3) is 0.455. The molecule has 17 heavy (non-hydrogen) atoms. The molecule has 0 aliphatic rings. The number of amides is 1. The quantitative estimate of drug-likeness (QED) is 0.523. The van der Waals surface area contributed by atoms with Gasteiger partial charge in [0.25, 0.3) is 5.91 Å². The Labute approximate surface area is 106 Å². The predicted octanol–water partition coefficient (Wildman–Crippen LogP) is 1.10. The first kappa shape index (κ1) is 13.8. The van der Waals surface area contributed by atoms with Gasteiger partial charge in [-0.2, -0.15) is 11.8 Å². The molecule has 1 aromatic heterocycles. The number of rotatable bonds is 6. The average molecular weight is 254 g/mol. The van der Waals surface area contributed by atoms with Crippen LogP contribution in [0, 0.1) is 5.92 Å². The number of nitrogen functional groups attached to an aromatic ring is 1. The summed E-state index contributed by atoms with van der Waals surface area (Å²) in [6.07, 6.45) is 3.64. The number of hydrazine groups is 1. The lowest BCUT2D eigenvalue weighted by Crippen LogP contribution is -2.30. The monoisotopic (exact) mass is 254 g/mol. The molecule has 0 aliphatic carbocycles. The topological polar surface area (TPSA) is 80.0 Å². The summed E-state index contributed by atoms with van der Waals surface area (Å²) < 4.78 is 0. The Balaban J connectivity index is 2.58. The molecule has 0 aliphatic heterocycles. The van der Waals surface area contributed by atoms with Crippen LogP contribution >= 0.6 is 11.8 Å². The van der Waals surface area contributed by atoms with Crippen LogP contribution in [0.25, 0.3) is 0 Å². The van der Waals surface area contributed by atoms with Crippen molar-refractivity contribution in [3.05, 3.63) is 23.9 Å². The zero-order valence-corrected chi connectivity index (χ0v) is 10.9. The summed E-state index contributed by atoms with van der Waals surface area (Å²) >= 11 is 1.77. The van der Waals surface area contributed by atoms with Crippen molar-refractivity contribution in [3.8, 4) is 0 Å². The largest absolute Gasteiger partial charge is 0.352 e. The van der Waals surface area contributed by atoms with Crippen molar-refractivity contribution in [2.24, 2.45) is 11.8 Å². The van der Waals surface area contributed by atoms with Crippen molar-refractivity contribution in [2.45, 2.75) is 6.92 Å². The van der Waals surface area contributed by atoms with E-state index in [9.17, 15) is 4.79 Å². The SMILES string of the molecule is CSCC(C)CNC(=O)c1cccnc1NN. The van der Waals surface area contributed by atoms with Crippen LogP contribution in [0.3, 0.4) is 0 Å². The van der Waals surface area contributed by atoms with E-state index in [-0.39, 0.29) is 5.91 Å². The molecule has 94 valence electrons. The van der Waals surface area contributed by atoms with Gasteiger partial charge in [-0.3, -0.25) is 4.79 Å². The molecule has 0 radical (unpaired) electrons.